The summed E-state index contributed by atoms with van der Waals surface area (Å²) < 4.78 is 18.8. The number of rotatable bonds is 7. The van der Waals surface area contributed by atoms with Crippen molar-refractivity contribution in [2.75, 3.05) is 6.61 Å². The minimum absolute atomic E-state index is 0.108. The predicted molar refractivity (Wildman–Crippen MR) is 83.9 cm³/mol. The summed E-state index contributed by atoms with van der Waals surface area (Å²) in [6, 6.07) is 14.9. The van der Waals surface area contributed by atoms with E-state index in [1.165, 1.54) is 11.6 Å². The van der Waals surface area contributed by atoms with Crippen LogP contribution in [0.25, 0.3) is 0 Å². The molecule has 0 aliphatic heterocycles. The average molecular weight is 287 g/mol. The summed E-state index contributed by atoms with van der Waals surface area (Å²) in [5.41, 5.74) is 2.14. The van der Waals surface area contributed by atoms with Crippen LogP contribution in [0.4, 0.5) is 4.39 Å². The lowest BCUT2D eigenvalue weighted by molar-refractivity contribution is 0.317. The van der Waals surface area contributed by atoms with Crippen molar-refractivity contribution < 1.29 is 9.13 Å². The Morgan fingerprint density at radius 1 is 1.14 bits per heavy atom. The molecule has 112 valence electrons. The molecule has 0 aromatic heterocycles. The number of benzene rings is 2. The van der Waals surface area contributed by atoms with Crippen molar-refractivity contribution in [1.82, 2.24) is 5.32 Å². The minimum atomic E-state index is -0.196. The molecule has 1 atom stereocenters. The van der Waals surface area contributed by atoms with Gasteiger partial charge < -0.3 is 10.1 Å². The van der Waals surface area contributed by atoms with Crippen LogP contribution in [-0.2, 0) is 6.54 Å². The Kier molecular flexibility index (Phi) is 5.76. The molecule has 0 heterocycles. The van der Waals surface area contributed by atoms with Gasteiger partial charge in [-0.3, -0.25) is 0 Å². The van der Waals surface area contributed by atoms with Crippen molar-refractivity contribution in [3.63, 3.8) is 0 Å². The molecular formula is C18H22FNO. The summed E-state index contributed by atoms with van der Waals surface area (Å²) in [6.45, 7) is 5.61. The van der Waals surface area contributed by atoms with Crippen molar-refractivity contribution in [2.24, 2.45) is 0 Å². The van der Waals surface area contributed by atoms with Crippen LogP contribution in [0.1, 0.15) is 37.4 Å². The van der Waals surface area contributed by atoms with E-state index >= 15 is 0 Å². The van der Waals surface area contributed by atoms with Crippen molar-refractivity contribution in [3.05, 3.63) is 65.5 Å². The Hall–Kier alpha value is -1.87. The second kappa shape index (κ2) is 7.79. The lowest BCUT2D eigenvalue weighted by Crippen LogP contribution is -2.18. The highest BCUT2D eigenvalue weighted by Gasteiger charge is 2.05. The maximum atomic E-state index is 13.2. The lowest BCUT2D eigenvalue weighted by Gasteiger charge is -2.14. The molecule has 0 bridgehead atoms. The van der Waals surface area contributed by atoms with Crippen LogP contribution in [-0.4, -0.2) is 6.61 Å². The highest BCUT2D eigenvalue weighted by Crippen LogP contribution is 2.16. The highest BCUT2D eigenvalue weighted by atomic mass is 19.1. The van der Waals surface area contributed by atoms with Crippen LogP contribution in [0, 0.1) is 5.82 Å². The van der Waals surface area contributed by atoms with Crippen LogP contribution >= 0.6 is 0 Å². The third kappa shape index (κ3) is 4.87. The molecule has 0 amide bonds. The van der Waals surface area contributed by atoms with Gasteiger partial charge in [0.05, 0.1) is 6.61 Å². The van der Waals surface area contributed by atoms with Crippen molar-refractivity contribution >= 4 is 0 Å². The third-order valence-electron chi connectivity index (χ3n) is 3.36. The number of nitrogens with one attached hydrogen (secondary N) is 1. The number of ether oxygens (including phenoxy) is 1. The van der Waals surface area contributed by atoms with Crippen molar-refractivity contribution in [1.29, 1.82) is 0 Å². The largest absolute Gasteiger partial charge is 0.494 e. The fourth-order valence-electron chi connectivity index (χ4n) is 2.09. The summed E-state index contributed by atoms with van der Waals surface area (Å²) in [4.78, 5) is 0. The van der Waals surface area contributed by atoms with Gasteiger partial charge in [0.2, 0.25) is 0 Å². The van der Waals surface area contributed by atoms with E-state index in [-0.39, 0.29) is 11.9 Å². The first kappa shape index (κ1) is 15.5. The molecule has 0 saturated carbocycles. The molecule has 0 spiro atoms. The standard InChI is InChI=1S/C18H22FNO/c1-3-11-21-18-9-7-15(8-10-18)13-20-14(2)16-5-4-6-17(19)12-16/h4-10,12,14,20H,3,11,13H2,1-2H3/t14-/m1/s1. The second-order valence-electron chi connectivity index (χ2n) is 5.15. The number of halogens is 1. The SMILES string of the molecule is CCCOc1ccc(CN[C@H](C)c2cccc(F)c2)cc1. The molecule has 2 aromatic carbocycles. The molecule has 2 nitrogen and oxygen atoms in total. The molecule has 0 aliphatic carbocycles. The van der Waals surface area contributed by atoms with E-state index < -0.39 is 0 Å². The van der Waals surface area contributed by atoms with Crippen molar-refractivity contribution in [2.45, 2.75) is 32.9 Å². The zero-order valence-corrected chi connectivity index (χ0v) is 12.6. The van der Waals surface area contributed by atoms with Gasteiger partial charge in [-0.05, 0) is 48.7 Å². The minimum Gasteiger partial charge on any atom is -0.494 e. The van der Waals surface area contributed by atoms with E-state index in [9.17, 15) is 4.39 Å². The molecule has 2 rings (SSSR count). The van der Waals surface area contributed by atoms with Gasteiger partial charge in [-0.1, -0.05) is 31.2 Å². The van der Waals surface area contributed by atoms with Crippen LogP contribution < -0.4 is 10.1 Å². The topological polar surface area (TPSA) is 21.3 Å². The number of hydrogen-bond donors (Lipinski definition) is 1. The van der Waals surface area contributed by atoms with E-state index in [1.807, 2.05) is 25.1 Å². The molecule has 0 fully saturated rings. The first-order chi connectivity index (χ1) is 10.2. The molecule has 21 heavy (non-hydrogen) atoms. The summed E-state index contributed by atoms with van der Waals surface area (Å²) >= 11 is 0. The van der Waals surface area contributed by atoms with Crippen LogP contribution in [0.2, 0.25) is 0 Å². The normalized spacial score (nSPS) is 12.1. The van der Waals surface area contributed by atoms with Gasteiger partial charge in [0.15, 0.2) is 0 Å². The van der Waals surface area contributed by atoms with Gasteiger partial charge in [0.1, 0.15) is 11.6 Å². The zero-order valence-electron chi connectivity index (χ0n) is 12.6. The van der Waals surface area contributed by atoms with E-state index in [1.54, 1.807) is 12.1 Å². The zero-order chi connectivity index (χ0) is 15.1. The first-order valence-electron chi connectivity index (χ1n) is 7.39. The first-order valence-corrected chi connectivity index (χ1v) is 7.39. The lowest BCUT2D eigenvalue weighted by atomic mass is 10.1. The highest BCUT2D eigenvalue weighted by molar-refractivity contribution is 5.27. The molecule has 3 heteroatoms. The molecule has 0 radical (unpaired) electrons. The van der Waals surface area contributed by atoms with Crippen LogP contribution in [0.5, 0.6) is 5.75 Å². The Morgan fingerprint density at radius 2 is 1.90 bits per heavy atom. The van der Waals surface area contributed by atoms with Gasteiger partial charge in [-0.2, -0.15) is 0 Å². The molecule has 0 unspecified atom stereocenters. The Bertz CT molecular complexity index is 553. The Labute approximate surface area is 126 Å². The molecule has 0 aliphatic rings. The molecule has 2 aromatic rings. The van der Waals surface area contributed by atoms with E-state index in [4.69, 9.17) is 4.74 Å². The van der Waals surface area contributed by atoms with E-state index in [0.717, 1.165) is 30.9 Å². The van der Waals surface area contributed by atoms with Gasteiger partial charge in [-0.15, -0.1) is 0 Å². The maximum Gasteiger partial charge on any atom is 0.123 e. The van der Waals surface area contributed by atoms with E-state index in [0.29, 0.717) is 0 Å². The average Bonchev–Trinajstić information content (AvgIpc) is 2.51. The summed E-state index contributed by atoms with van der Waals surface area (Å²) in [6.07, 6.45) is 1.01. The van der Waals surface area contributed by atoms with Gasteiger partial charge in [0, 0.05) is 12.6 Å². The summed E-state index contributed by atoms with van der Waals surface area (Å²) in [5, 5.41) is 3.40. The quantitative estimate of drug-likeness (QED) is 0.811. The smallest absolute Gasteiger partial charge is 0.123 e. The maximum absolute atomic E-state index is 13.2. The number of hydrogen-bond acceptors (Lipinski definition) is 2. The molecular weight excluding hydrogens is 265 g/mol. The fourth-order valence-corrected chi connectivity index (χ4v) is 2.09. The second-order valence-corrected chi connectivity index (χ2v) is 5.15. The summed E-state index contributed by atoms with van der Waals surface area (Å²) in [5.74, 6) is 0.706. The van der Waals surface area contributed by atoms with Gasteiger partial charge >= 0.3 is 0 Å². The molecule has 0 saturated heterocycles. The van der Waals surface area contributed by atoms with Crippen LogP contribution in [0.15, 0.2) is 48.5 Å². The monoisotopic (exact) mass is 287 g/mol. The van der Waals surface area contributed by atoms with Crippen LogP contribution in [0.3, 0.4) is 0 Å². The third-order valence-corrected chi connectivity index (χ3v) is 3.36. The summed E-state index contributed by atoms with van der Waals surface area (Å²) in [7, 11) is 0. The fraction of sp³-hybridized carbons (Fsp3) is 0.333. The molecule has 1 N–H and O–H groups in total. The van der Waals surface area contributed by atoms with Crippen molar-refractivity contribution in [3.8, 4) is 5.75 Å². The Morgan fingerprint density at radius 3 is 2.57 bits per heavy atom. The van der Waals surface area contributed by atoms with E-state index in [2.05, 4.69) is 24.4 Å². The predicted octanol–water partition coefficient (Wildman–Crippen LogP) is 4.47. The Balaban J connectivity index is 1.87. The van der Waals surface area contributed by atoms with Gasteiger partial charge in [0.25, 0.3) is 0 Å². The van der Waals surface area contributed by atoms with Gasteiger partial charge in [-0.25, -0.2) is 4.39 Å².